The van der Waals surface area contributed by atoms with Crippen LogP contribution in [0.1, 0.15) is 17.2 Å². The van der Waals surface area contributed by atoms with Crippen LogP contribution < -0.4 is 10.0 Å². The SMILES string of the molecule is NS(=O)(=O)c1ccc([N+](=O)[O-])cc1N1CCOC(c2ccc(C(F)(F)F)cc2)C1. The van der Waals surface area contributed by atoms with Crippen LogP contribution in [0.3, 0.4) is 0 Å². The molecule has 0 bridgehead atoms. The smallest absolute Gasteiger partial charge is 0.370 e. The van der Waals surface area contributed by atoms with Crippen molar-refractivity contribution in [2.24, 2.45) is 5.14 Å². The number of ether oxygens (including phenoxy) is 1. The number of nitrogens with two attached hydrogens (primary N) is 1. The van der Waals surface area contributed by atoms with E-state index in [0.29, 0.717) is 5.56 Å². The van der Waals surface area contributed by atoms with E-state index in [1.54, 1.807) is 4.90 Å². The van der Waals surface area contributed by atoms with E-state index in [1.165, 1.54) is 12.1 Å². The molecule has 1 unspecified atom stereocenters. The van der Waals surface area contributed by atoms with Gasteiger partial charge in [0.1, 0.15) is 11.0 Å². The fourth-order valence-corrected chi connectivity index (χ4v) is 3.80. The van der Waals surface area contributed by atoms with Gasteiger partial charge in [-0.1, -0.05) is 12.1 Å². The Bertz CT molecular complexity index is 1030. The number of alkyl halides is 3. The molecule has 0 aliphatic carbocycles. The highest BCUT2D eigenvalue weighted by Gasteiger charge is 2.31. The molecule has 0 saturated carbocycles. The molecule has 2 aromatic carbocycles. The van der Waals surface area contributed by atoms with Gasteiger partial charge >= 0.3 is 6.18 Å². The van der Waals surface area contributed by atoms with E-state index in [9.17, 15) is 31.7 Å². The Balaban J connectivity index is 1.93. The monoisotopic (exact) mass is 431 g/mol. The quantitative estimate of drug-likeness (QED) is 0.588. The lowest BCUT2D eigenvalue weighted by Gasteiger charge is -2.35. The van der Waals surface area contributed by atoms with Crippen LogP contribution in [0.25, 0.3) is 0 Å². The van der Waals surface area contributed by atoms with Crippen molar-refractivity contribution >= 4 is 21.4 Å². The fourth-order valence-electron chi connectivity index (χ4n) is 3.06. The molecule has 1 aliphatic rings. The number of hydrogen-bond donors (Lipinski definition) is 1. The number of rotatable bonds is 4. The first-order valence-electron chi connectivity index (χ1n) is 8.32. The van der Waals surface area contributed by atoms with Gasteiger partial charge in [-0.3, -0.25) is 10.1 Å². The molecule has 0 radical (unpaired) electrons. The molecular weight excluding hydrogens is 415 g/mol. The molecule has 1 saturated heterocycles. The summed E-state index contributed by atoms with van der Waals surface area (Å²) in [5.41, 5.74) is -0.610. The van der Waals surface area contributed by atoms with Crippen molar-refractivity contribution in [1.82, 2.24) is 0 Å². The molecule has 1 aliphatic heterocycles. The first-order valence-corrected chi connectivity index (χ1v) is 9.86. The zero-order valence-corrected chi connectivity index (χ0v) is 15.6. The minimum Gasteiger partial charge on any atom is -0.370 e. The molecule has 0 amide bonds. The summed E-state index contributed by atoms with van der Waals surface area (Å²) in [4.78, 5) is 11.7. The highest BCUT2D eigenvalue weighted by molar-refractivity contribution is 7.89. The van der Waals surface area contributed by atoms with Crippen LogP contribution in [0.2, 0.25) is 0 Å². The predicted octanol–water partition coefficient (Wildman–Crippen LogP) is 2.84. The van der Waals surface area contributed by atoms with E-state index in [0.717, 1.165) is 30.3 Å². The molecule has 2 N–H and O–H groups in total. The second-order valence-electron chi connectivity index (χ2n) is 6.38. The summed E-state index contributed by atoms with van der Waals surface area (Å²) < 4.78 is 67.6. The third-order valence-corrected chi connectivity index (χ3v) is 5.44. The zero-order valence-electron chi connectivity index (χ0n) is 14.8. The second-order valence-corrected chi connectivity index (χ2v) is 7.91. The van der Waals surface area contributed by atoms with Crippen LogP contribution in [0, 0.1) is 10.1 Å². The molecular formula is C17H16F3N3O5S. The second kappa shape index (κ2) is 7.61. The van der Waals surface area contributed by atoms with Crippen molar-refractivity contribution < 1.29 is 31.2 Å². The summed E-state index contributed by atoms with van der Waals surface area (Å²) in [7, 11) is -4.16. The Morgan fingerprint density at radius 2 is 1.83 bits per heavy atom. The third kappa shape index (κ3) is 4.66. The molecule has 2 aromatic rings. The van der Waals surface area contributed by atoms with E-state index in [4.69, 9.17) is 9.88 Å². The Morgan fingerprint density at radius 1 is 1.17 bits per heavy atom. The standard InChI is InChI=1S/C17H16F3N3O5S/c18-17(19,20)12-3-1-11(2-4-12)15-10-22(7-8-28-15)14-9-13(23(24)25)5-6-16(14)29(21,26)27/h1-6,9,15H,7-8,10H2,(H2,21,26,27). The molecule has 1 atom stereocenters. The summed E-state index contributed by atoms with van der Waals surface area (Å²) in [6.07, 6.45) is -5.12. The average Bonchev–Trinajstić information content (AvgIpc) is 2.66. The molecule has 1 heterocycles. The van der Waals surface area contributed by atoms with Gasteiger partial charge in [-0.25, -0.2) is 13.6 Å². The summed E-state index contributed by atoms with van der Waals surface area (Å²) in [6.45, 7) is 0.439. The number of nitro benzene ring substituents is 1. The third-order valence-electron chi connectivity index (χ3n) is 4.48. The molecule has 8 nitrogen and oxygen atoms in total. The Hall–Kier alpha value is -2.70. The average molecular weight is 431 g/mol. The molecule has 0 spiro atoms. The highest BCUT2D eigenvalue weighted by Crippen LogP contribution is 2.34. The van der Waals surface area contributed by atoms with Gasteiger partial charge in [-0.2, -0.15) is 13.2 Å². The number of benzene rings is 2. The number of nitrogens with zero attached hydrogens (tertiary/aromatic N) is 2. The molecule has 0 aromatic heterocycles. The van der Waals surface area contributed by atoms with Crippen molar-refractivity contribution in [2.75, 3.05) is 24.6 Å². The van der Waals surface area contributed by atoms with E-state index >= 15 is 0 Å². The number of anilines is 1. The normalized spacial score (nSPS) is 17.9. The topological polar surface area (TPSA) is 116 Å². The molecule has 3 rings (SSSR count). The van der Waals surface area contributed by atoms with Gasteiger partial charge in [0.15, 0.2) is 0 Å². The van der Waals surface area contributed by atoms with Crippen LogP contribution in [0.4, 0.5) is 24.5 Å². The molecule has 29 heavy (non-hydrogen) atoms. The Labute approximate surface area is 163 Å². The van der Waals surface area contributed by atoms with Crippen molar-refractivity contribution in [2.45, 2.75) is 17.2 Å². The highest BCUT2D eigenvalue weighted by atomic mass is 32.2. The van der Waals surface area contributed by atoms with Crippen LogP contribution in [-0.2, 0) is 20.9 Å². The lowest BCUT2D eigenvalue weighted by atomic mass is 10.0. The van der Waals surface area contributed by atoms with E-state index in [2.05, 4.69) is 0 Å². The Kier molecular flexibility index (Phi) is 5.52. The number of morpholine rings is 1. The summed E-state index contributed by atoms with van der Waals surface area (Å²) in [5.74, 6) is 0. The maximum Gasteiger partial charge on any atom is 0.416 e. The van der Waals surface area contributed by atoms with Crippen molar-refractivity contribution in [3.8, 4) is 0 Å². The van der Waals surface area contributed by atoms with Gasteiger partial charge in [0.25, 0.3) is 5.69 Å². The van der Waals surface area contributed by atoms with Crippen molar-refractivity contribution in [3.05, 3.63) is 63.7 Å². The number of halogens is 3. The van der Waals surface area contributed by atoms with Gasteiger partial charge in [0, 0.05) is 25.2 Å². The maximum absolute atomic E-state index is 12.7. The lowest BCUT2D eigenvalue weighted by molar-refractivity contribution is -0.384. The van der Waals surface area contributed by atoms with Gasteiger partial charge < -0.3 is 9.64 Å². The summed E-state index contributed by atoms with van der Waals surface area (Å²) in [5, 5.41) is 16.3. The van der Waals surface area contributed by atoms with Gasteiger partial charge in [0.05, 0.1) is 22.8 Å². The molecule has 1 fully saturated rings. The predicted molar refractivity (Wildman–Crippen MR) is 96.8 cm³/mol. The number of primary sulfonamides is 1. The van der Waals surface area contributed by atoms with Crippen LogP contribution in [0.15, 0.2) is 47.4 Å². The van der Waals surface area contributed by atoms with Crippen molar-refractivity contribution in [3.63, 3.8) is 0 Å². The summed E-state index contributed by atoms with van der Waals surface area (Å²) >= 11 is 0. The van der Waals surface area contributed by atoms with Crippen LogP contribution in [-0.4, -0.2) is 33.0 Å². The maximum atomic E-state index is 12.7. The summed E-state index contributed by atoms with van der Waals surface area (Å²) in [6, 6.07) is 7.63. The minimum absolute atomic E-state index is 0.0434. The number of sulfonamides is 1. The lowest BCUT2D eigenvalue weighted by Crippen LogP contribution is -2.39. The van der Waals surface area contributed by atoms with E-state index in [-0.39, 0.29) is 36.0 Å². The first-order chi connectivity index (χ1) is 13.5. The van der Waals surface area contributed by atoms with Gasteiger partial charge in [0.2, 0.25) is 10.0 Å². The number of hydrogen-bond acceptors (Lipinski definition) is 6. The zero-order chi connectivity index (χ0) is 21.4. The first kappa shape index (κ1) is 21.0. The minimum atomic E-state index is -4.47. The van der Waals surface area contributed by atoms with Crippen LogP contribution >= 0.6 is 0 Å². The van der Waals surface area contributed by atoms with Crippen LogP contribution in [0.5, 0.6) is 0 Å². The fraction of sp³-hybridized carbons (Fsp3) is 0.294. The number of nitro groups is 1. The van der Waals surface area contributed by atoms with Gasteiger partial charge in [-0.05, 0) is 23.8 Å². The molecule has 156 valence electrons. The Morgan fingerprint density at radius 3 is 2.38 bits per heavy atom. The molecule has 12 heteroatoms. The van der Waals surface area contributed by atoms with Crippen molar-refractivity contribution in [1.29, 1.82) is 0 Å². The van der Waals surface area contributed by atoms with Gasteiger partial charge in [-0.15, -0.1) is 0 Å². The largest absolute Gasteiger partial charge is 0.416 e. The number of non-ortho nitro benzene ring substituents is 1. The van der Waals surface area contributed by atoms with E-state index < -0.39 is 32.8 Å². The van der Waals surface area contributed by atoms with E-state index in [1.807, 2.05) is 0 Å².